The molecular formula is C36H40N2O5S. The minimum absolute atomic E-state index is 0.0208. The van der Waals surface area contributed by atoms with E-state index in [1.807, 2.05) is 17.0 Å². The van der Waals surface area contributed by atoms with Gasteiger partial charge in [-0.25, -0.2) is 4.79 Å². The molecule has 7 nitrogen and oxygen atoms in total. The van der Waals surface area contributed by atoms with E-state index in [0.717, 1.165) is 65.8 Å². The number of cyclic esters (lactones) is 1. The van der Waals surface area contributed by atoms with Gasteiger partial charge < -0.3 is 19.3 Å². The van der Waals surface area contributed by atoms with Gasteiger partial charge in [-0.1, -0.05) is 18.6 Å². The summed E-state index contributed by atoms with van der Waals surface area (Å²) in [6, 6.07) is 22.5. The molecule has 1 aliphatic carbocycles. The number of aromatic hydroxyl groups is 1. The van der Waals surface area contributed by atoms with Crippen LogP contribution in [-0.2, 0) is 11.2 Å². The summed E-state index contributed by atoms with van der Waals surface area (Å²) in [6.45, 7) is 5.15. The van der Waals surface area contributed by atoms with Crippen molar-refractivity contribution < 1.29 is 24.1 Å². The van der Waals surface area contributed by atoms with Crippen molar-refractivity contribution in [2.45, 2.75) is 57.1 Å². The van der Waals surface area contributed by atoms with Gasteiger partial charge in [0.25, 0.3) is 0 Å². The zero-order valence-electron chi connectivity index (χ0n) is 25.1. The van der Waals surface area contributed by atoms with E-state index in [0.29, 0.717) is 19.8 Å². The molecule has 3 aromatic carbocycles. The van der Waals surface area contributed by atoms with Crippen molar-refractivity contribution in [3.8, 4) is 27.7 Å². The highest BCUT2D eigenvalue weighted by Crippen LogP contribution is 2.41. The first-order chi connectivity index (χ1) is 21.6. The van der Waals surface area contributed by atoms with Crippen LogP contribution >= 0.6 is 11.3 Å². The van der Waals surface area contributed by atoms with Gasteiger partial charge in [0.15, 0.2) is 0 Å². The van der Waals surface area contributed by atoms with Gasteiger partial charge in [0.1, 0.15) is 36.6 Å². The lowest BCUT2D eigenvalue weighted by molar-refractivity contribution is 0.0572. The second-order valence-corrected chi connectivity index (χ2v) is 13.2. The Labute approximate surface area is 263 Å². The molecule has 2 aliphatic heterocycles. The van der Waals surface area contributed by atoms with Crippen LogP contribution in [-0.4, -0.2) is 72.5 Å². The summed E-state index contributed by atoms with van der Waals surface area (Å²) in [6.07, 6.45) is 7.22. The summed E-state index contributed by atoms with van der Waals surface area (Å²) >= 11 is 1.72. The van der Waals surface area contributed by atoms with Gasteiger partial charge in [-0.15, -0.1) is 11.3 Å². The number of hydrogen-bond acceptors (Lipinski definition) is 7. The number of hydrogen-bond donors (Lipinski definition) is 1. The summed E-state index contributed by atoms with van der Waals surface area (Å²) in [7, 11) is 0. The van der Waals surface area contributed by atoms with Gasteiger partial charge in [0.2, 0.25) is 0 Å². The van der Waals surface area contributed by atoms with Crippen LogP contribution in [0.4, 0.5) is 4.79 Å². The van der Waals surface area contributed by atoms with E-state index in [1.165, 1.54) is 41.9 Å². The van der Waals surface area contributed by atoms with Crippen molar-refractivity contribution >= 4 is 27.5 Å². The summed E-state index contributed by atoms with van der Waals surface area (Å²) < 4.78 is 18.8. The summed E-state index contributed by atoms with van der Waals surface area (Å²) in [5.41, 5.74) is 3.59. The van der Waals surface area contributed by atoms with E-state index in [2.05, 4.69) is 53.4 Å². The molecule has 2 saturated heterocycles. The number of amides is 1. The maximum atomic E-state index is 12.2. The zero-order chi connectivity index (χ0) is 29.9. The first-order valence-corrected chi connectivity index (χ1v) is 16.8. The van der Waals surface area contributed by atoms with Crippen LogP contribution in [0.1, 0.15) is 49.7 Å². The number of benzene rings is 3. The number of carbonyl (C=O) groups excluding carboxylic acids is 1. The molecule has 1 amide bonds. The molecule has 2 atom stereocenters. The predicted molar refractivity (Wildman–Crippen MR) is 174 cm³/mol. The van der Waals surface area contributed by atoms with E-state index in [4.69, 9.17) is 14.2 Å². The third-order valence-electron chi connectivity index (χ3n) is 9.22. The summed E-state index contributed by atoms with van der Waals surface area (Å²) in [5.74, 6) is 2.01. The Bertz CT molecular complexity index is 1580. The quantitative estimate of drug-likeness (QED) is 0.200. The van der Waals surface area contributed by atoms with E-state index in [9.17, 15) is 9.90 Å². The Morgan fingerprint density at radius 3 is 2.43 bits per heavy atom. The molecule has 0 spiro atoms. The fraction of sp³-hybridized carbons (Fsp3) is 0.417. The average Bonchev–Trinajstić information content (AvgIpc) is 3.80. The summed E-state index contributed by atoms with van der Waals surface area (Å²) in [5, 5.41) is 11.4. The van der Waals surface area contributed by atoms with Gasteiger partial charge >= 0.3 is 6.09 Å². The Balaban J connectivity index is 1.07. The first-order valence-electron chi connectivity index (χ1n) is 16.0. The topological polar surface area (TPSA) is 71.5 Å². The van der Waals surface area contributed by atoms with Crippen LogP contribution in [0, 0.1) is 0 Å². The van der Waals surface area contributed by atoms with Crippen molar-refractivity contribution in [1.29, 1.82) is 0 Å². The molecule has 0 bridgehead atoms. The number of fused-ring (bicyclic) bond motifs is 1. The molecule has 3 heterocycles. The molecule has 4 aromatic rings. The van der Waals surface area contributed by atoms with E-state index in [1.54, 1.807) is 17.4 Å². The summed E-state index contributed by atoms with van der Waals surface area (Å²) in [4.78, 5) is 17.8. The highest BCUT2D eigenvalue weighted by Gasteiger charge is 2.37. The van der Waals surface area contributed by atoms with Crippen LogP contribution in [0.2, 0.25) is 0 Å². The highest BCUT2D eigenvalue weighted by atomic mass is 32.1. The maximum Gasteiger partial charge on any atom is 0.410 e. The van der Waals surface area contributed by atoms with Crippen LogP contribution in [0.25, 0.3) is 20.5 Å². The number of thiophene rings is 1. The lowest BCUT2D eigenvalue weighted by Gasteiger charge is -2.36. The molecule has 44 heavy (non-hydrogen) atoms. The number of phenols is 1. The van der Waals surface area contributed by atoms with E-state index in [-0.39, 0.29) is 24.0 Å². The van der Waals surface area contributed by atoms with Crippen molar-refractivity contribution in [3.05, 3.63) is 77.9 Å². The maximum absolute atomic E-state index is 12.2. The van der Waals surface area contributed by atoms with Gasteiger partial charge in [-0.05, 0) is 128 Å². The second-order valence-electron chi connectivity index (χ2n) is 12.1. The Morgan fingerprint density at radius 1 is 0.886 bits per heavy atom. The third-order valence-corrected chi connectivity index (χ3v) is 10.5. The predicted octanol–water partition coefficient (Wildman–Crippen LogP) is 7.48. The average molecular weight is 613 g/mol. The SMILES string of the molecule is O=C1OCCN1C1CCCCC1Oc1ccc(Cc2c(-c3ccc(OCCN4CCCC4)cc3)sc3cc(O)ccc23)cc1. The van der Waals surface area contributed by atoms with E-state index < -0.39 is 0 Å². The molecule has 1 N–H and O–H groups in total. The molecule has 230 valence electrons. The van der Waals surface area contributed by atoms with Gasteiger partial charge in [0.05, 0.1) is 12.6 Å². The fourth-order valence-corrected chi connectivity index (χ4v) is 8.15. The van der Waals surface area contributed by atoms with Crippen LogP contribution < -0.4 is 9.47 Å². The number of rotatable bonds is 10. The van der Waals surface area contributed by atoms with Gasteiger partial charge in [0, 0.05) is 16.1 Å². The molecule has 0 radical (unpaired) electrons. The standard InChI is InChI=1S/C36H40N2O5S/c39-27-11-16-30-31(35(44-34(30)24-27)26-9-14-28(15-10-26)41-21-19-37-17-3-4-18-37)23-25-7-12-29(13-8-25)43-33-6-2-1-5-32(33)38-20-22-42-36(38)40/h7-16,24,32-33,39H,1-6,17-23H2. The Hall–Kier alpha value is -3.75. The minimum atomic E-state index is -0.215. The molecule has 3 fully saturated rings. The molecule has 8 heteroatoms. The number of carbonyl (C=O) groups is 1. The second kappa shape index (κ2) is 13.1. The smallest absolute Gasteiger partial charge is 0.410 e. The third kappa shape index (κ3) is 6.37. The molecule has 1 aromatic heterocycles. The van der Waals surface area contributed by atoms with E-state index >= 15 is 0 Å². The van der Waals surface area contributed by atoms with Crippen molar-refractivity contribution in [1.82, 2.24) is 9.80 Å². The van der Waals surface area contributed by atoms with Crippen LogP contribution in [0.3, 0.4) is 0 Å². The molecule has 7 rings (SSSR count). The number of ether oxygens (including phenoxy) is 3. The zero-order valence-corrected chi connectivity index (χ0v) is 25.9. The fourth-order valence-electron chi connectivity index (χ4n) is 6.89. The minimum Gasteiger partial charge on any atom is -0.508 e. The number of phenolic OH excluding ortho intramolecular Hbond substituents is 1. The largest absolute Gasteiger partial charge is 0.508 e. The monoisotopic (exact) mass is 612 g/mol. The molecule has 3 aliphatic rings. The number of nitrogens with zero attached hydrogens (tertiary/aromatic N) is 2. The lowest BCUT2D eigenvalue weighted by atomic mass is 9.91. The highest BCUT2D eigenvalue weighted by molar-refractivity contribution is 7.22. The van der Waals surface area contributed by atoms with Crippen LogP contribution in [0.15, 0.2) is 66.7 Å². The van der Waals surface area contributed by atoms with Crippen LogP contribution in [0.5, 0.6) is 17.2 Å². The molecule has 1 saturated carbocycles. The van der Waals surface area contributed by atoms with Crippen molar-refractivity contribution in [2.75, 3.05) is 39.4 Å². The van der Waals surface area contributed by atoms with Gasteiger partial charge in [-0.3, -0.25) is 9.80 Å². The molecule has 2 unspecified atom stereocenters. The Morgan fingerprint density at radius 2 is 1.66 bits per heavy atom. The Kier molecular flexibility index (Phi) is 8.62. The first kappa shape index (κ1) is 29.0. The van der Waals surface area contributed by atoms with Gasteiger partial charge in [-0.2, -0.15) is 0 Å². The lowest BCUT2D eigenvalue weighted by Crippen LogP contribution is -2.48. The number of likely N-dealkylation sites (tertiary alicyclic amines) is 1. The molecular weight excluding hydrogens is 572 g/mol. The normalized spacial score (nSPS) is 20.7. The van der Waals surface area contributed by atoms with Crippen molar-refractivity contribution in [3.63, 3.8) is 0 Å². The van der Waals surface area contributed by atoms with Crippen molar-refractivity contribution in [2.24, 2.45) is 0 Å².